The Morgan fingerprint density at radius 1 is 1.33 bits per heavy atom. The second-order valence-corrected chi connectivity index (χ2v) is 4.86. The van der Waals surface area contributed by atoms with Gasteiger partial charge >= 0.3 is 0 Å². The maximum absolute atomic E-state index is 10.3. The van der Waals surface area contributed by atoms with Crippen LogP contribution in [-0.4, -0.2) is 32.6 Å². The van der Waals surface area contributed by atoms with Gasteiger partial charge in [0.05, 0.1) is 11.7 Å². The molecule has 3 nitrogen and oxygen atoms in total. The molecule has 0 radical (unpaired) electrons. The van der Waals surface area contributed by atoms with Gasteiger partial charge in [-0.15, -0.1) is 6.58 Å². The minimum absolute atomic E-state index is 0.320. The first-order valence-corrected chi connectivity index (χ1v) is 5.42. The summed E-state index contributed by atoms with van der Waals surface area (Å²) in [5, 5.41) is 30.0. The summed E-state index contributed by atoms with van der Waals surface area (Å²) in [4.78, 5) is 0. The van der Waals surface area contributed by atoms with Crippen molar-refractivity contribution in [3.63, 3.8) is 0 Å². The van der Waals surface area contributed by atoms with E-state index in [2.05, 4.69) is 6.58 Å². The van der Waals surface area contributed by atoms with E-state index in [9.17, 15) is 15.3 Å². The molecule has 0 aliphatic heterocycles. The molecule has 0 saturated carbocycles. The molecule has 0 heterocycles. The molecule has 0 amide bonds. The molecule has 2 unspecified atom stereocenters. The van der Waals surface area contributed by atoms with Crippen LogP contribution in [0, 0.1) is 0 Å². The Hall–Kier alpha value is -0.380. The van der Waals surface area contributed by atoms with Crippen molar-refractivity contribution in [2.75, 3.05) is 0 Å². The van der Waals surface area contributed by atoms with Crippen LogP contribution in [0.3, 0.4) is 0 Å². The Morgan fingerprint density at radius 3 is 2.07 bits per heavy atom. The van der Waals surface area contributed by atoms with Crippen LogP contribution in [0.5, 0.6) is 0 Å². The van der Waals surface area contributed by atoms with Crippen molar-refractivity contribution in [3.8, 4) is 0 Å². The van der Waals surface area contributed by atoms with Crippen LogP contribution >= 0.6 is 0 Å². The molecule has 2 atom stereocenters. The highest BCUT2D eigenvalue weighted by Crippen LogP contribution is 2.32. The first-order valence-electron chi connectivity index (χ1n) is 5.42. The molecule has 0 rings (SSSR count). The molecule has 90 valence electrons. The van der Waals surface area contributed by atoms with E-state index in [4.69, 9.17) is 0 Å². The number of allylic oxidation sites excluding steroid dienone is 1. The van der Waals surface area contributed by atoms with Crippen molar-refractivity contribution >= 4 is 0 Å². The van der Waals surface area contributed by atoms with E-state index in [0.29, 0.717) is 19.3 Å². The number of aliphatic hydroxyl groups excluding tert-OH is 1. The quantitative estimate of drug-likeness (QED) is 0.591. The molecular formula is C12H24O3. The molecule has 0 aromatic carbocycles. The standard InChI is InChI=1S/C12H24O3/c1-6-10(13)12(15,11(4,5)14)8-7-9(2)3/h10,13-15H,2,6-8H2,1,3-5H3. The number of aliphatic hydroxyl groups is 3. The third kappa shape index (κ3) is 3.59. The maximum Gasteiger partial charge on any atom is 0.119 e. The zero-order chi connectivity index (χ0) is 12.3. The van der Waals surface area contributed by atoms with E-state index in [-0.39, 0.29) is 0 Å². The van der Waals surface area contributed by atoms with E-state index < -0.39 is 17.3 Å². The fraction of sp³-hybridized carbons (Fsp3) is 0.833. The first-order chi connectivity index (χ1) is 6.65. The zero-order valence-electron chi connectivity index (χ0n) is 10.2. The van der Waals surface area contributed by atoms with Gasteiger partial charge in [-0.05, 0) is 40.0 Å². The molecule has 0 fully saturated rings. The average Bonchev–Trinajstić information content (AvgIpc) is 2.10. The Bertz CT molecular complexity index is 217. The van der Waals surface area contributed by atoms with Crippen LogP contribution in [0.1, 0.15) is 47.0 Å². The van der Waals surface area contributed by atoms with Crippen LogP contribution in [0.25, 0.3) is 0 Å². The lowest BCUT2D eigenvalue weighted by molar-refractivity contribution is -0.191. The summed E-state index contributed by atoms with van der Waals surface area (Å²) in [6.07, 6.45) is 0.409. The highest BCUT2D eigenvalue weighted by Gasteiger charge is 2.46. The van der Waals surface area contributed by atoms with Crippen molar-refractivity contribution in [2.45, 2.75) is 64.3 Å². The van der Waals surface area contributed by atoms with Crippen LogP contribution in [0.2, 0.25) is 0 Å². The van der Waals surface area contributed by atoms with Gasteiger partial charge in [-0.1, -0.05) is 12.5 Å². The Kier molecular flexibility index (Phi) is 4.97. The third-order valence-corrected chi connectivity index (χ3v) is 2.93. The van der Waals surface area contributed by atoms with Crippen LogP contribution in [0.15, 0.2) is 12.2 Å². The molecule has 0 saturated heterocycles. The highest BCUT2D eigenvalue weighted by molar-refractivity contribution is 5.02. The number of hydrogen-bond acceptors (Lipinski definition) is 3. The summed E-state index contributed by atoms with van der Waals surface area (Å²) in [5.41, 5.74) is -1.86. The van der Waals surface area contributed by atoms with Gasteiger partial charge in [-0.25, -0.2) is 0 Å². The minimum atomic E-state index is -1.47. The second-order valence-electron chi connectivity index (χ2n) is 4.86. The predicted molar refractivity (Wildman–Crippen MR) is 61.6 cm³/mol. The van der Waals surface area contributed by atoms with Crippen molar-refractivity contribution in [2.24, 2.45) is 0 Å². The van der Waals surface area contributed by atoms with Gasteiger partial charge in [-0.2, -0.15) is 0 Å². The molecule has 0 aliphatic rings. The van der Waals surface area contributed by atoms with Crippen LogP contribution in [-0.2, 0) is 0 Å². The Morgan fingerprint density at radius 2 is 1.80 bits per heavy atom. The van der Waals surface area contributed by atoms with E-state index >= 15 is 0 Å². The van der Waals surface area contributed by atoms with E-state index in [0.717, 1.165) is 5.57 Å². The third-order valence-electron chi connectivity index (χ3n) is 2.93. The molecule has 0 aliphatic carbocycles. The number of hydrogen-bond donors (Lipinski definition) is 3. The smallest absolute Gasteiger partial charge is 0.119 e. The van der Waals surface area contributed by atoms with Gasteiger partial charge in [0.25, 0.3) is 0 Å². The SMILES string of the molecule is C=C(C)CCC(O)(C(O)CC)C(C)(C)O. The lowest BCUT2D eigenvalue weighted by atomic mass is 9.76. The lowest BCUT2D eigenvalue weighted by Crippen LogP contribution is -2.58. The van der Waals surface area contributed by atoms with Crippen molar-refractivity contribution < 1.29 is 15.3 Å². The molecule has 0 bridgehead atoms. The van der Waals surface area contributed by atoms with Crippen LogP contribution in [0.4, 0.5) is 0 Å². The summed E-state index contributed by atoms with van der Waals surface area (Å²) in [7, 11) is 0. The molecule has 0 aromatic rings. The predicted octanol–water partition coefficient (Wildman–Crippen LogP) is 1.62. The summed E-state index contributed by atoms with van der Waals surface area (Å²) >= 11 is 0. The average molecular weight is 216 g/mol. The molecule has 0 spiro atoms. The normalized spacial score (nSPS) is 18.3. The van der Waals surface area contributed by atoms with Crippen molar-refractivity contribution in [1.29, 1.82) is 0 Å². The van der Waals surface area contributed by atoms with Gasteiger partial charge in [0.1, 0.15) is 5.60 Å². The second kappa shape index (κ2) is 5.10. The summed E-state index contributed by atoms with van der Waals surface area (Å²) < 4.78 is 0. The van der Waals surface area contributed by atoms with E-state index in [1.165, 1.54) is 13.8 Å². The summed E-state index contributed by atoms with van der Waals surface area (Å²) in [5.74, 6) is 0. The topological polar surface area (TPSA) is 60.7 Å². The molecule has 3 N–H and O–H groups in total. The van der Waals surface area contributed by atoms with Gasteiger partial charge in [0.2, 0.25) is 0 Å². The van der Waals surface area contributed by atoms with Gasteiger partial charge in [0.15, 0.2) is 0 Å². The first kappa shape index (κ1) is 14.6. The molecule has 0 aromatic heterocycles. The number of rotatable bonds is 6. The van der Waals surface area contributed by atoms with Crippen molar-refractivity contribution in [3.05, 3.63) is 12.2 Å². The Balaban J connectivity index is 4.79. The fourth-order valence-corrected chi connectivity index (χ4v) is 1.62. The minimum Gasteiger partial charge on any atom is -0.390 e. The van der Waals surface area contributed by atoms with Gasteiger partial charge in [-0.3, -0.25) is 0 Å². The summed E-state index contributed by atoms with van der Waals surface area (Å²) in [6.45, 7) is 10.4. The summed E-state index contributed by atoms with van der Waals surface area (Å²) in [6, 6.07) is 0. The van der Waals surface area contributed by atoms with E-state index in [1.807, 2.05) is 6.92 Å². The van der Waals surface area contributed by atoms with Crippen LogP contribution < -0.4 is 0 Å². The largest absolute Gasteiger partial charge is 0.390 e. The fourth-order valence-electron chi connectivity index (χ4n) is 1.62. The zero-order valence-corrected chi connectivity index (χ0v) is 10.2. The monoisotopic (exact) mass is 216 g/mol. The Labute approximate surface area is 92.4 Å². The van der Waals surface area contributed by atoms with Gasteiger partial charge in [0, 0.05) is 0 Å². The molecule has 15 heavy (non-hydrogen) atoms. The molecular weight excluding hydrogens is 192 g/mol. The molecule has 3 heteroatoms. The van der Waals surface area contributed by atoms with Crippen molar-refractivity contribution in [1.82, 2.24) is 0 Å². The highest BCUT2D eigenvalue weighted by atomic mass is 16.4. The lowest BCUT2D eigenvalue weighted by Gasteiger charge is -2.42. The maximum atomic E-state index is 10.3. The van der Waals surface area contributed by atoms with Gasteiger partial charge < -0.3 is 15.3 Å². The van der Waals surface area contributed by atoms with E-state index in [1.54, 1.807) is 6.92 Å².